The van der Waals surface area contributed by atoms with Crippen LogP contribution in [0.1, 0.15) is 76.7 Å². The number of phenols is 1. The minimum absolute atomic E-state index is 0.101. The number of carbonyl (C=O) groups is 2. The van der Waals surface area contributed by atoms with Gasteiger partial charge in [-0.3, -0.25) is 9.59 Å². The van der Waals surface area contributed by atoms with Crippen molar-refractivity contribution in [3.63, 3.8) is 0 Å². The predicted octanol–water partition coefficient (Wildman–Crippen LogP) is 3.45. The molecule has 0 aliphatic rings. The largest absolute Gasteiger partial charge is 0.508 e. The number of hydrogen-bond donors (Lipinski definition) is 4. The fraction of sp³-hybridized carbons (Fsp3) is 0.704. The monoisotopic (exact) mass is 493 g/mol. The maximum Gasteiger partial charge on any atom is 0.242 e. The van der Waals surface area contributed by atoms with Crippen LogP contribution in [0.3, 0.4) is 0 Å². The van der Waals surface area contributed by atoms with Gasteiger partial charge >= 0.3 is 0 Å². The Balaban J connectivity index is 2.32. The van der Waals surface area contributed by atoms with Gasteiger partial charge in [-0.05, 0) is 56.3 Å². The van der Waals surface area contributed by atoms with Gasteiger partial charge in [-0.15, -0.1) is 0 Å². The van der Waals surface area contributed by atoms with Crippen molar-refractivity contribution in [2.75, 3.05) is 39.5 Å². The number of unbranched alkanes of at least 4 members (excludes halogenated alkanes) is 5. The second-order valence-electron chi connectivity index (χ2n) is 8.87. The molecule has 8 heteroatoms. The number of ether oxygens (including phenoxy) is 2. The molecule has 1 aromatic rings. The summed E-state index contributed by atoms with van der Waals surface area (Å²) in [7, 11) is 0. The average molecular weight is 494 g/mol. The van der Waals surface area contributed by atoms with Crippen LogP contribution in [0.2, 0.25) is 0 Å². The highest BCUT2D eigenvalue weighted by Crippen LogP contribution is 2.12. The number of carbonyl (C=O) groups excluding carboxylic acids is 2. The summed E-state index contributed by atoms with van der Waals surface area (Å²) in [5, 5.41) is 15.3. The molecule has 2 amide bonds. The molecule has 1 atom stereocenters. The number of phenolic OH excluding ortho intramolecular Hbond substituents is 1. The molecule has 0 aromatic heterocycles. The Kier molecular flexibility index (Phi) is 18.7. The molecule has 1 rings (SSSR count). The molecule has 35 heavy (non-hydrogen) atoms. The van der Waals surface area contributed by atoms with Gasteiger partial charge in [0.25, 0.3) is 0 Å². The molecular formula is C27H47N3O5. The standard InChI is InChI=1S/C27H47N3O5/c1-2-3-4-5-6-11-26(32)30-25(22-23-12-14-24(31)15-13-23)27(33)29-17-10-21-35-19-8-7-18-34-20-9-16-28/h12-15,25,31H,2-11,16-22,28H2,1H3,(H,29,33)(H,30,32)/t25-/m0/s1. The first kappa shape index (κ1) is 30.9. The van der Waals surface area contributed by atoms with Gasteiger partial charge in [-0.25, -0.2) is 0 Å². The Morgan fingerprint density at radius 3 is 2.17 bits per heavy atom. The van der Waals surface area contributed by atoms with E-state index in [0.29, 0.717) is 52.2 Å². The van der Waals surface area contributed by atoms with E-state index >= 15 is 0 Å². The highest BCUT2D eigenvalue weighted by molar-refractivity contribution is 5.87. The third-order valence-electron chi connectivity index (χ3n) is 5.62. The van der Waals surface area contributed by atoms with Crippen molar-refractivity contribution in [2.24, 2.45) is 5.73 Å². The molecule has 0 heterocycles. The van der Waals surface area contributed by atoms with E-state index in [1.54, 1.807) is 24.3 Å². The van der Waals surface area contributed by atoms with Gasteiger partial charge in [0.2, 0.25) is 11.8 Å². The molecule has 0 fully saturated rings. The molecular weight excluding hydrogens is 446 g/mol. The number of hydrogen-bond acceptors (Lipinski definition) is 6. The Morgan fingerprint density at radius 1 is 0.886 bits per heavy atom. The van der Waals surface area contributed by atoms with Gasteiger partial charge in [0.05, 0.1) is 0 Å². The summed E-state index contributed by atoms with van der Waals surface area (Å²) in [5.74, 6) is -0.132. The zero-order valence-corrected chi connectivity index (χ0v) is 21.6. The Bertz CT molecular complexity index is 669. The molecule has 0 unspecified atom stereocenters. The molecule has 8 nitrogen and oxygen atoms in total. The van der Waals surface area contributed by atoms with E-state index in [-0.39, 0.29) is 17.6 Å². The van der Waals surface area contributed by atoms with Gasteiger partial charge in [-0.2, -0.15) is 0 Å². The number of rotatable bonds is 22. The van der Waals surface area contributed by atoms with Crippen molar-refractivity contribution < 1.29 is 24.2 Å². The number of benzene rings is 1. The predicted molar refractivity (Wildman–Crippen MR) is 139 cm³/mol. The van der Waals surface area contributed by atoms with Crippen LogP contribution in [0.25, 0.3) is 0 Å². The molecule has 0 spiro atoms. The minimum atomic E-state index is -0.650. The quantitative estimate of drug-likeness (QED) is 0.184. The Labute approximate surface area is 211 Å². The van der Waals surface area contributed by atoms with E-state index in [1.807, 2.05) is 0 Å². The summed E-state index contributed by atoms with van der Waals surface area (Å²) >= 11 is 0. The van der Waals surface area contributed by atoms with Crippen LogP contribution in [-0.4, -0.2) is 62.5 Å². The van der Waals surface area contributed by atoms with Gasteiger partial charge in [0.1, 0.15) is 11.8 Å². The van der Waals surface area contributed by atoms with Crippen molar-refractivity contribution in [3.8, 4) is 5.75 Å². The lowest BCUT2D eigenvalue weighted by Gasteiger charge is -2.19. The normalized spacial score (nSPS) is 11.8. The molecule has 5 N–H and O–H groups in total. The van der Waals surface area contributed by atoms with Crippen molar-refractivity contribution in [2.45, 2.75) is 83.6 Å². The summed E-state index contributed by atoms with van der Waals surface area (Å²) in [4.78, 5) is 25.3. The van der Waals surface area contributed by atoms with E-state index in [2.05, 4.69) is 17.6 Å². The summed E-state index contributed by atoms with van der Waals surface area (Å²) in [5.41, 5.74) is 6.30. The molecule has 0 aliphatic carbocycles. The number of aromatic hydroxyl groups is 1. The SMILES string of the molecule is CCCCCCCC(=O)N[C@@H](Cc1ccc(O)cc1)C(=O)NCCCOCCCCOCCCN. The van der Waals surface area contributed by atoms with E-state index in [1.165, 1.54) is 6.42 Å². The molecule has 0 saturated carbocycles. The van der Waals surface area contributed by atoms with Crippen molar-refractivity contribution in [1.82, 2.24) is 10.6 Å². The molecule has 200 valence electrons. The van der Waals surface area contributed by atoms with E-state index in [4.69, 9.17) is 15.2 Å². The number of nitrogens with one attached hydrogen (secondary N) is 2. The van der Waals surface area contributed by atoms with Crippen LogP contribution in [0.4, 0.5) is 0 Å². The van der Waals surface area contributed by atoms with Crippen LogP contribution in [-0.2, 0) is 25.5 Å². The maximum absolute atomic E-state index is 12.8. The second kappa shape index (κ2) is 21.1. The summed E-state index contributed by atoms with van der Waals surface area (Å²) in [6, 6.07) is 6.06. The zero-order valence-electron chi connectivity index (χ0n) is 21.6. The van der Waals surface area contributed by atoms with Crippen LogP contribution in [0.15, 0.2) is 24.3 Å². The van der Waals surface area contributed by atoms with E-state index in [0.717, 1.165) is 57.1 Å². The van der Waals surface area contributed by atoms with Crippen molar-refractivity contribution >= 4 is 11.8 Å². The van der Waals surface area contributed by atoms with Crippen LogP contribution < -0.4 is 16.4 Å². The van der Waals surface area contributed by atoms with Gasteiger partial charge < -0.3 is 30.9 Å². The van der Waals surface area contributed by atoms with Crippen LogP contribution in [0.5, 0.6) is 5.75 Å². The maximum atomic E-state index is 12.8. The van der Waals surface area contributed by atoms with E-state index in [9.17, 15) is 14.7 Å². The lowest BCUT2D eigenvalue weighted by molar-refractivity contribution is -0.129. The molecule has 0 radical (unpaired) electrons. The van der Waals surface area contributed by atoms with Crippen LogP contribution in [0, 0.1) is 0 Å². The lowest BCUT2D eigenvalue weighted by Crippen LogP contribution is -2.48. The van der Waals surface area contributed by atoms with Gasteiger partial charge in [0, 0.05) is 45.8 Å². The molecule has 0 saturated heterocycles. The highest BCUT2D eigenvalue weighted by atomic mass is 16.5. The number of nitrogens with two attached hydrogens (primary N) is 1. The molecule has 0 bridgehead atoms. The number of amides is 2. The smallest absolute Gasteiger partial charge is 0.242 e. The van der Waals surface area contributed by atoms with Gasteiger partial charge in [0.15, 0.2) is 0 Å². The third kappa shape index (κ3) is 17.0. The van der Waals surface area contributed by atoms with Gasteiger partial charge in [-0.1, -0.05) is 44.7 Å². The van der Waals surface area contributed by atoms with E-state index < -0.39 is 6.04 Å². The minimum Gasteiger partial charge on any atom is -0.508 e. The first-order valence-electron chi connectivity index (χ1n) is 13.3. The molecule has 1 aromatic carbocycles. The second-order valence-corrected chi connectivity index (χ2v) is 8.87. The topological polar surface area (TPSA) is 123 Å². The highest BCUT2D eigenvalue weighted by Gasteiger charge is 2.21. The fourth-order valence-electron chi connectivity index (χ4n) is 3.54. The third-order valence-corrected chi connectivity index (χ3v) is 5.62. The summed E-state index contributed by atoms with van der Waals surface area (Å²) in [6.07, 6.45) is 9.62. The summed E-state index contributed by atoms with van der Waals surface area (Å²) < 4.78 is 11.1. The zero-order chi connectivity index (χ0) is 25.6. The Morgan fingerprint density at radius 2 is 1.51 bits per heavy atom. The summed E-state index contributed by atoms with van der Waals surface area (Å²) in [6.45, 7) is 5.99. The first-order valence-corrected chi connectivity index (χ1v) is 13.3. The van der Waals surface area contributed by atoms with Crippen molar-refractivity contribution in [3.05, 3.63) is 29.8 Å². The first-order chi connectivity index (χ1) is 17.1. The average Bonchev–Trinajstić information content (AvgIpc) is 2.85. The van der Waals surface area contributed by atoms with Crippen molar-refractivity contribution in [1.29, 1.82) is 0 Å². The molecule has 0 aliphatic heterocycles. The Hall–Kier alpha value is -2.16. The van der Waals surface area contributed by atoms with Crippen LogP contribution >= 0.6 is 0 Å². The lowest BCUT2D eigenvalue weighted by atomic mass is 10.0. The fourth-order valence-corrected chi connectivity index (χ4v) is 3.54.